The van der Waals surface area contributed by atoms with Crippen LogP contribution in [0.2, 0.25) is 0 Å². The Morgan fingerprint density at radius 1 is 1.08 bits per heavy atom. The van der Waals surface area contributed by atoms with Crippen LogP contribution in [-0.4, -0.2) is 42.0 Å². The lowest BCUT2D eigenvalue weighted by atomic mass is 9.89. The van der Waals surface area contributed by atoms with Gasteiger partial charge < -0.3 is 15.2 Å². The molecule has 3 rings (SSSR count). The van der Waals surface area contributed by atoms with Gasteiger partial charge in [-0.25, -0.2) is 0 Å². The number of rotatable bonds is 7. The van der Waals surface area contributed by atoms with Crippen LogP contribution in [-0.2, 0) is 11.2 Å². The molecule has 1 atom stereocenters. The number of anilines is 1. The predicted molar refractivity (Wildman–Crippen MR) is 101 cm³/mol. The van der Waals surface area contributed by atoms with Gasteiger partial charge in [0.25, 0.3) is 0 Å². The molecule has 1 fully saturated rings. The number of likely N-dealkylation sites (tertiary alicyclic amines) is 1. The number of phenols is 1. The summed E-state index contributed by atoms with van der Waals surface area (Å²) in [4.78, 5) is 13.8. The molecule has 1 aliphatic heterocycles. The molecule has 1 unspecified atom stereocenters. The van der Waals surface area contributed by atoms with Gasteiger partial charge >= 0.3 is 0 Å². The smallest absolute Gasteiger partial charge is 0.138 e. The van der Waals surface area contributed by atoms with Gasteiger partial charge in [-0.1, -0.05) is 30.3 Å². The molecule has 1 saturated heterocycles. The maximum Gasteiger partial charge on any atom is 0.138 e. The number of nitrogens with one attached hydrogen (secondary N) is 1. The zero-order chi connectivity index (χ0) is 17.5. The molecule has 0 bridgehead atoms. The number of nitrogens with zero attached hydrogens (tertiary/aromatic N) is 1. The first-order chi connectivity index (χ1) is 12.2. The highest BCUT2D eigenvalue weighted by molar-refractivity contribution is 5.59. The molecule has 1 aliphatic rings. The molecule has 4 nitrogen and oxygen atoms in total. The number of aldehydes is 1. The Kier molecular flexibility index (Phi) is 6.07. The minimum atomic E-state index is -0.105. The Morgan fingerprint density at radius 2 is 1.76 bits per heavy atom. The van der Waals surface area contributed by atoms with Gasteiger partial charge in [0.2, 0.25) is 0 Å². The van der Waals surface area contributed by atoms with Crippen LogP contribution in [0.4, 0.5) is 5.69 Å². The van der Waals surface area contributed by atoms with Gasteiger partial charge in [0.15, 0.2) is 0 Å². The van der Waals surface area contributed by atoms with E-state index in [1.54, 1.807) is 12.1 Å². The van der Waals surface area contributed by atoms with Crippen LogP contribution in [0, 0.1) is 5.92 Å². The highest BCUT2D eigenvalue weighted by Gasteiger charge is 2.24. The topological polar surface area (TPSA) is 52.6 Å². The van der Waals surface area contributed by atoms with Crippen molar-refractivity contribution in [2.24, 2.45) is 5.92 Å². The van der Waals surface area contributed by atoms with Crippen molar-refractivity contribution in [2.45, 2.75) is 25.3 Å². The van der Waals surface area contributed by atoms with E-state index >= 15 is 0 Å². The van der Waals surface area contributed by atoms with E-state index in [1.165, 1.54) is 5.56 Å². The highest BCUT2D eigenvalue weighted by atomic mass is 16.3. The average molecular weight is 338 g/mol. The molecule has 0 aliphatic carbocycles. The van der Waals surface area contributed by atoms with Crippen LogP contribution in [0.5, 0.6) is 5.75 Å². The van der Waals surface area contributed by atoms with E-state index in [1.807, 2.05) is 12.1 Å². The summed E-state index contributed by atoms with van der Waals surface area (Å²) < 4.78 is 0. The second-order valence-electron chi connectivity index (χ2n) is 6.80. The fourth-order valence-electron chi connectivity index (χ4n) is 3.50. The Hall–Kier alpha value is -2.33. The Balaban J connectivity index is 1.46. The third kappa shape index (κ3) is 5.07. The van der Waals surface area contributed by atoms with E-state index in [2.05, 4.69) is 40.5 Å². The molecule has 0 aromatic heterocycles. The van der Waals surface area contributed by atoms with Crippen molar-refractivity contribution in [2.75, 3.05) is 25.0 Å². The Labute approximate surface area is 149 Å². The molecule has 0 saturated carbocycles. The minimum Gasteiger partial charge on any atom is -0.508 e. The van der Waals surface area contributed by atoms with E-state index < -0.39 is 0 Å². The van der Waals surface area contributed by atoms with Gasteiger partial charge in [-0.05, 0) is 68.1 Å². The number of carbonyl (C=O) groups is 1. The van der Waals surface area contributed by atoms with Crippen molar-refractivity contribution in [3.05, 3.63) is 60.2 Å². The van der Waals surface area contributed by atoms with Crippen LogP contribution in [0.25, 0.3) is 0 Å². The molecule has 25 heavy (non-hydrogen) atoms. The van der Waals surface area contributed by atoms with Gasteiger partial charge in [-0.2, -0.15) is 0 Å². The first-order valence-corrected chi connectivity index (χ1v) is 9.01. The lowest BCUT2D eigenvalue weighted by Gasteiger charge is -2.35. The number of hydrogen-bond donors (Lipinski definition) is 2. The van der Waals surface area contributed by atoms with E-state index in [0.29, 0.717) is 12.5 Å². The third-order valence-electron chi connectivity index (χ3n) is 5.03. The first kappa shape index (κ1) is 17.5. The molecule has 4 heteroatoms. The highest BCUT2D eigenvalue weighted by Crippen LogP contribution is 2.23. The maximum absolute atomic E-state index is 11.5. The normalized spacial score (nSPS) is 17.1. The molecular weight excluding hydrogens is 312 g/mol. The van der Waals surface area contributed by atoms with Gasteiger partial charge in [0.1, 0.15) is 12.0 Å². The zero-order valence-electron chi connectivity index (χ0n) is 14.5. The lowest BCUT2D eigenvalue weighted by Crippen LogP contribution is -2.46. The van der Waals surface area contributed by atoms with Crippen molar-refractivity contribution in [3.63, 3.8) is 0 Å². The quantitative estimate of drug-likeness (QED) is 0.601. The van der Waals surface area contributed by atoms with Crippen molar-refractivity contribution in [3.8, 4) is 5.75 Å². The molecule has 132 valence electrons. The summed E-state index contributed by atoms with van der Waals surface area (Å²) >= 11 is 0. The summed E-state index contributed by atoms with van der Waals surface area (Å²) in [5.74, 6) is 0.953. The summed E-state index contributed by atoms with van der Waals surface area (Å²) in [6.45, 7) is 2.54. The van der Waals surface area contributed by atoms with Crippen molar-refractivity contribution in [1.29, 1.82) is 0 Å². The first-order valence-electron chi connectivity index (χ1n) is 9.01. The van der Waals surface area contributed by atoms with Gasteiger partial charge in [0.05, 0.1) is 6.04 Å². The number of aromatic hydroxyl groups is 1. The van der Waals surface area contributed by atoms with E-state index in [4.69, 9.17) is 0 Å². The zero-order valence-corrected chi connectivity index (χ0v) is 14.5. The number of hydrogen-bond acceptors (Lipinski definition) is 4. The summed E-state index contributed by atoms with van der Waals surface area (Å²) in [5.41, 5.74) is 2.32. The maximum atomic E-state index is 11.5. The summed E-state index contributed by atoms with van der Waals surface area (Å²) in [5, 5.41) is 12.6. The van der Waals surface area contributed by atoms with Crippen molar-refractivity contribution < 1.29 is 9.90 Å². The second kappa shape index (κ2) is 8.67. The number of phenolic OH excluding ortho intramolecular Hbond substituents is 1. The summed E-state index contributed by atoms with van der Waals surface area (Å²) in [6, 6.07) is 17.5. The Bertz CT molecular complexity index is 649. The molecule has 0 amide bonds. The van der Waals surface area contributed by atoms with Crippen LogP contribution < -0.4 is 5.32 Å². The fraction of sp³-hybridized carbons (Fsp3) is 0.381. The van der Waals surface area contributed by atoms with Crippen LogP contribution in [0.3, 0.4) is 0 Å². The van der Waals surface area contributed by atoms with Crippen LogP contribution in [0.1, 0.15) is 18.4 Å². The minimum absolute atomic E-state index is 0.105. The third-order valence-corrected chi connectivity index (χ3v) is 5.03. The Morgan fingerprint density at radius 3 is 2.40 bits per heavy atom. The van der Waals surface area contributed by atoms with E-state index in [0.717, 1.165) is 44.3 Å². The fourth-order valence-corrected chi connectivity index (χ4v) is 3.50. The standard InChI is InChI=1S/C21H26N2O2/c24-16-20(15-22-19-6-8-21(25)9-7-19)23-12-10-18(11-13-23)14-17-4-2-1-3-5-17/h1-9,16,18,20,22,25H,10-15H2. The van der Waals surface area contributed by atoms with Crippen LogP contribution in [0.15, 0.2) is 54.6 Å². The predicted octanol–water partition coefficient (Wildman–Crippen LogP) is 3.33. The van der Waals surface area contributed by atoms with Crippen molar-refractivity contribution in [1.82, 2.24) is 4.90 Å². The summed E-state index contributed by atoms with van der Waals surface area (Å²) in [7, 11) is 0. The van der Waals surface area contributed by atoms with E-state index in [9.17, 15) is 9.90 Å². The molecule has 2 aromatic rings. The monoisotopic (exact) mass is 338 g/mol. The molecule has 2 N–H and O–H groups in total. The summed E-state index contributed by atoms with van der Waals surface area (Å²) in [6.07, 6.45) is 4.45. The van der Waals surface area contributed by atoms with Crippen molar-refractivity contribution >= 4 is 12.0 Å². The van der Waals surface area contributed by atoms with Gasteiger partial charge in [0, 0.05) is 12.2 Å². The average Bonchev–Trinajstić information content (AvgIpc) is 2.66. The molecule has 0 radical (unpaired) electrons. The number of piperidine rings is 1. The van der Waals surface area contributed by atoms with E-state index in [-0.39, 0.29) is 11.8 Å². The molecule has 0 spiro atoms. The van der Waals surface area contributed by atoms with Gasteiger partial charge in [-0.3, -0.25) is 4.90 Å². The molecular formula is C21H26N2O2. The largest absolute Gasteiger partial charge is 0.508 e. The second-order valence-corrected chi connectivity index (χ2v) is 6.80. The molecule has 1 heterocycles. The lowest BCUT2D eigenvalue weighted by molar-refractivity contribution is -0.112. The number of carbonyl (C=O) groups excluding carboxylic acids is 1. The molecule has 2 aromatic carbocycles. The van der Waals surface area contributed by atoms with Gasteiger partial charge in [-0.15, -0.1) is 0 Å². The van der Waals surface area contributed by atoms with Crippen LogP contribution >= 0.6 is 0 Å². The SMILES string of the molecule is O=CC(CNc1ccc(O)cc1)N1CCC(Cc2ccccc2)CC1. The number of benzene rings is 2.